The number of nitrogens with zero attached hydrogens (tertiary/aromatic N) is 3. The zero-order chi connectivity index (χ0) is 20.0. The summed E-state index contributed by atoms with van der Waals surface area (Å²) in [5.74, 6) is 0.880. The summed E-state index contributed by atoms with van der Waals surface area (Å²) in [6, 6.07) is 6.07. The summed E-state index contributed by atoms with van der Waals surface area (Å²) in [6.07, 6.45) is 1.27. The maximum Gasteiger partial charge on any atom is 0.198 e. The van der Waals surface area contributed by atoms with Gasteiger partial charge in [0.2, 0.25) is 0 Å². The van der Waals surface area contributed by atoms with Crippen LogP contribution in [-0.2, 0) is 4.43 Å². The summed E-state index contributed by atoms with van der Waals surface area (Å²) in [6.45, 7) is 15.1. The first kappa shape index (κ1) is 20.2. The van der Waals surface area contributed by atoms with Gasteiger partial charge in [-0.15, -0.1) is 0 Å². The van der Waals surface area contributed by atoms with Gasteiger partial charge in [-0.2, -0.15) is 5.26 Å². The highest BCUT2D eigenvalue weighted by molar-refractivity contribution is 6.74. The van der Waals surface area contributed by atoms with Crippen LogP contribution in [0.5, 0.6) is 0 Å². The predicted octanol–water partition coefficient (Wildman–Crippen LogP) is 4.77. The predicted molar refractivity (Wildman–Crippen MR) is 114 cm³/mol. The summed E-state index contributed by atoms with van der Waals surface area (Å²) < 4.78 is 6.69. The Kier molecular flexibility index (Phi) is 5.32. The van der Waals surface area contributed by atoms with Crippen molar-refractivity contribution >= 4 is 31.6 Å². The van der Waals surface area contributed by atoms with E-state index in [1.54, 1.807) is 6.07 Å². The van der Waals surface area contributed by atoms with Gasteiger partial charge < -0.3 is 14.6 Å². The molecule has 146 valence electrons. The Morgan fingerprint density at radius 1 is 1.37 bits per heavy atom. The minimum absolute atomic E-state index is 0.206. The zero-order valence-corrected chi connectivity index (χ0v) is 18.8. The van der Waals surface area contributed by atoms with Crippen molar-refractivity contribution in [3.63, 3.8) is 0 Å². The van der Waals surface area contributed by atoms with E-state index in [0.717, 1.165) is 36.7 Å². The number of nitrogens with one attached hydrogen (secondary N) is 1. The molecular formula is C20H29ClN4OSi. The normalized spacial score (nSPS) is 22.4. The lowest BCUT2D eigenvalue weighted by Crippen LogP contribution is -2.48. The molecule has 2 heterocycles. The molecular weight excluding hydrogens is 376 g/mol. The van der Waals surface area contributed by atoms with E-state index in [1.807, 2.05) is 13.0 Å². The molecule has 2 atom stereocenters. The first-order valence-electron chi connectivity index (χ1n) is 9.50. The van der Waals surface area contributed by atoms with Gasteiger partial charge in [-0.3, -0.25) is 4.99 Å². The van der Waals surface area contributed by atoms with Crippen LogP contribution < -0.4 is 5.32 Å². The van der Waals surface area contributed by atoms with Crippen LogP contribution in [0.4, 0.5) is 5.69 Å². The molecule has 1 aromatic carbocycles. The fraction of sp³-hybridized carbons (Fsp3) is 0.600. The second kappa shape index (κ2) is 7.12. The maximum atomic E-state index is 9.12. The van der Waals surface area contributed by atoms with E-state index in [1.165, 1.54) is 0 Å². The quantitative estimate of drug-likeness (QED) is 0.737. The summed E-state index contributed by atoms with van der Waals surface area (Å²) in [7, 11) is -1.80. The van der Waals surface area contributed by atoms with Crippen molar-refractivity contribution in [3.8, 4) is 6.07 Å². The molecule has 7 heteroatoms. The second-order valence-electron chi connectivity index (χ2n) is 8.97. The molecule has 2 aliphatic rings. The Balaban J connectivity index is 1.71. The van der Waals surface area contributed by atoms with Gasteiger partial charge in [-0.05, 0) is 49.2 Å². The number of aliphatic imine (C=N–C) groups is 1. The molecule has 0 unspecified atom stereocenters. The summed E-state index contributed by atoms with van der Waals surface area (Å²) in [5, 5.41) is 13.3. The van der Waals surface area contributed by atoms with Gasteiger partial charge in [-0.25, -0.2) is 0 Å². The average Bonchev–Trinajstić information content (AvgIpc) is 3.14. The van der Waals surface area contributed by atoms with Crippen LogP contribution in [0.3, 0.4) is 0 Å². The molecule has 1 aromatic rings. The molecule has 3 rings (SSSR count). The fourth-order valence-electron chi connectivity index (χ4n) is 3.41. The highest BCUT2D eigenvalue weighted by atomic mass is 35.5. The summed E-state index contributed by atoms with van der Waals surface area (Å²) in [4.78, 5) is 7.05. The number of hydrogen-bond acceptors (Lipinski definition) is 5. The van der Waals surface area contributed by atoms with Crippen molar-refractivity contribution in [2.45, 2.75) is 64.4 Å². The van der Waals surface area contributed by atoms with Gasteiger partial charge in [0.05, 0.1) is 29.3 Å². The van der Waals surface area contributed by atoms with Crippen molar-refractivity contribution in [3.05, 3.63) is 28.3 Å². The Labute approximate surface area is 168 Å². The number of nitriles is 1. The lowest BCUT2D eigenvalue weighted by atomic mass is 10.1. The van der Waals surface area contributed by atoms with E-state index in [9.17, 15) is 0 Å². The van der Waals surface area contributed by atoms with Crippen LogP contribution in [-0.4, -0.2) is 44.4 Å². The average molecular weight is 405 g/mol. The molecule has 5 nitrogen and oxygen atoms in total. The SMILES string of the molecule is Cc1c(NC2=NC[C@@H]3[C@H](O[Si](C)(C)C(C)(C)C)CCN23)ccc(C#N)c1Cl. The number of fused-ring (bicyclic) bond motifs is 1. The molecule has 1 N–H and O–H groups in total. The first-order valence-corrected chi connectivity index (χ1v) is 12.8. The van der Waals surface area contributed by atoms with Crippen molar-refractivity contribution in [1.29, 1.82) is 5.26 Å². The molecule has 1 fully saturated rings. The third-order valence-electron chi connectivity index (χ3n) is 6.19. The smallest absolute Gasteiger partial charge is 0.198 e. The standard InChI is InChI=1S/C20H29ClN4OSi/c1-13-15(8-7-14(11-22)18(13)21)24-19-23-12-16-17(9-10-25(16)19)26-27(5,6)20(2,3)4/h7-8,16-17H,9-10,12H2,1-6H3,(H,23,24)/t16-,17-/m1/s1. The second-order valence-corrected chi connectivity index (χ2v) is 14.1. The molecule has 0 saturated carbocycles. The molecule has 2 aliphatic heterocycles. The van der Waals surface area contributed by atoms with Gasteiger partial charge >= 0.3 is 0 Å². The highest BCUT2D eigenvalue weighted by Crippen LogP contribution is 2.40. The van der Waals surface area contributed by atoms with Gasteiger partial charge in [0.1, 0.15) is 6.07 Å². The van der Waals surface area contributed by atoms with Crippen LogP contribution >= 0.6 is 11.6 Å². The molecule has 0 amide bonds. The van der Waals surface area contributed by atoms with Gasteiger partial charge in [-0.1, -0.05) is 32.4 Å². The molecule has 0 bridgehead atoms. The van der Waals surface area contributed by atoms with Crippen LogP contribution in [0.25, 0.3) is 0 Å². The number of anilines is 1. The third-order valence-corrected chi connectivity index (χ3v) is 11.2. The first-order chi connectivity index (χ1) is 12.5. The lowest BCUT2D eigenvalue weighted by molar-refractivity contribution is 0.155. The topological polar surface area (TPSA) is 60.7 Å². The van der Waals surface area contributed by atoms with E-state index >= 15 is 0 Å². The Hall–Kier alpha value is -1.55. The number of halogens is 1. The van der Waals surface area contributed by atoms with Gasteiger partial charge in [0.25, 0.3) is 0 Å². The van der Waals surface area contributed by atoms with E-state index in [0.29, 0.717) is 16.6 Å². The van der Waals surface area contributed by atoms with E-state index in [-0.39, 0.29) is 11.1 Å². The van der Waals surface area contributed by atoms with Crippen molar-refractivity contribution < 1.29 is 4.43 Å². The van der Waals surface area contributed by atoms with E-state index < -0.39 is 8.32 Å². The Morgan fingerprint density at radius 2 is 2.07 bits per heavy atom. The minimum atomic E-state index is -1.80. The fourth-order valence-corrected chi connectivity index (χ4v) is 5.00. The summed E-state index contributed by atoms with van der Waals surface area (Å²) >= 11 is 6.30. The van der Waals surface area contributed by atoms with Crippen LogP contribution in [0, 0.1) is 18.3 Å². The molecule has 0 aliphatic carbocycles. The van der Waals surface area contributed by atoms with Crippen molar-refractivity contribution in [1.82, 2.24) is 4.90 Å². The van der Waals surface area contributed by atoms with Crippen LogP contribution in [0.15, 0.2) is 17.1 Å². The molecule has 27 heavy (non-hydrogen) atoms. The Morgan fingerprint density at radius 3 is 2.70 bits per heavy atom. The highest BCUT2D eigenvalue weighted by Gasteiger charge is 2.46. The molecule has 0 aromatic heterocycles. The monoisotopic (exact) mass is 404 g/mol. The van der Waals surface area contributed by atoms with Crippen molar-refractivity contribution in [2.24, 2.45) is 4.99 Å². The van der Waals surface area contributed by atoms with E-state index in [4.69, 9.17) is 26.3 Å². The largest absolute Gasteiger partial charge is 0.412 e. The van der Waals surface area contributed by atoms with Gasteiger partial charge in [0, 0.05) is 12.2 Å². The van der Waals surface area contributed by atoms with Crippen LogP contribution in [0.1, 0.15) is 38.3 Å². The van der Waals surface area contributed by atoms with Crippen molar-refractivity contribution in [2.75, 3.05) is 18.4 Å². The van der Waals surface area contributed by atoms with Crippen LogP contribution in [0.2, 0.25) is 23.2 Å². The molecule has 0 radical (unpaired) electrons. The van der Waals surface area contributed by atoms with Gasteiger partial charge in [0.15, 0.2) is 14.3 Å². The molecule has 0 spiro atoms. The molecule has 1 saturated heterocycles. The summed E-state index contributed by atoms with van der Waals surface area (Å²) in [5.41, 5.74) is 2.26. The number of rotatable bonds is 3. The minimum Gasteiger partial charge on any atom is -0.412 e. The number of benzene rings is 1. The van der Waals surface area contributed by atoms with E-state index in [2.05, 4.69) is 50.2 Å². The third kappa shape index (κ3) is 3.73. The number of hydrogen-bond donors (Lipinski definition) is 1. The Bertz CT molecular complexity index is 809. The maximum absolute atomic E-state index is 9.12. The number of guanidine groups is 1. The zero-order valence-electron chi connectivity index (χ0n) is 17.1. The lowest BCUT2D eigenvalue weighted by Gasteiger charge is -2.39.